The van der Waals surface area contributed by atoms with Gasteiger partial charge in [0.25, 0.3) is 0 Å². The van der Waals surface area contributed by atoms with Crippen LogP contribution in [-0.4, -0.2) is 43.3 Å². The fraction of sp³-hybridized carbons (Fsp3) is 1.00. The Morgan fingerprint density at radius 2 is 2.31 bits per heavy atom. The van der Waals surface area contributed by atoms with Crippen molar-refractivity contribution in [2.75, 3.05) is 26.3 Å². The predicted octanol–water partition coefficient (Wildman–Crippen LogP) is 1.42. The fourth-order valence-corrected chi connectivity index (χ4v) is 1.90. The van der Waals surface area contributed by atoms with E-state index in [4.69, 9.17) is 0 Å². The van der Waals surface area contributed by atoms with E-state index >= 15 is 0 Å². The Balaban J connectivity index is 2.22. The largest absolute Gasteiger partial charge is 0.313 e. The Kier molecular flexibility index (Phi) is 4.67. The van der Waals surface area contributed by atoms with Crippen molar-refractivity contribution in [2.24, 2.45) is 0 Å². The summed E-state index contributed by atoms with van der Waals surface area (Å²) < 4.78 is 12.2. The van der Waals surface area contributed by atoms with Crippen LogP contribution in [0.25, 0.3) is 0 Å². The van der Waals surface area contributed by atoms with Gasteiger partial charge in [0, 0.05) is 25.2 Å². The van der Waals surface area contributed by atoms with E-state index in [-0.39, 0.29) is 6.67 Å². The zero-order chi connectivity index (χ0) is 9.68. The van der Waals surface area contributed by atoms with Crippen molar-refractivity contribution in [3.8, 4) is 0 Å². The highest BCUT2D eigenvalue weighted by molar-refractivity contribution is 4.81. The summed E-state index contributed by atoms with van der Waals surface area (Å²) in [6, 6.07) is 1.10. The second-order valence-corrected chi connectivity index (χ2v) is 4.08. The lowest BCUT2D eigenvalue weighted by Gasteiger charge is -2.24. The van der Waals surface area contributed by atoms with Gasteiger partial charge in [-0.1, -0.05) is 13.8 Å². The van der Waals surface area contributed by atoms with E-state index in [1.807, 2.05) is 0 Å². The Bertz CT molecular complexity index is 139. The van der Waals surface area contributed by atoms with Crippen LogP contribution in [0.15, 0.2) is 0 Å². The molecule has 0 radical (unpaired) electrons. The molecule has 0 spiro atoms. The molecule has 1 aliphatic heterocycles. The first-order valence-electron chi connectivity index (χ1n) is 5.27. The molecule has 1 aliphatic rings. The van der Waals surface area contributed by atoms with E-state index < -0.39 is 0 Å². The molecule has 3 heteroatoms. The van der Waals surface area contributed by atoms with Crippen LogP contribution < -0.4 is 5.32 Å². The first-order valence-corrected chi connectivity index (χ1v) is 5.27. The topological polar surface area (TPSA) is 15.3 Å². The highest BCUT2D eigenvalue weighted by atomic mass is 19.1. The van der Waals surface area contributed by atoms with Crippen LogP contribution in [0.3, 0.4) is 0 Å². The van der Waals surface area contributed by atoms with Crippen molar-refractivity contribution >= 4 is 0 Å². The maximum atomic E-state index is 12.2. The number of hydrogen-bond acceptors (Lipinski definition) is 2. The lowest BCUT2D eigenvalue weighted by Crippen LogP contribution is -2.40. The van der Waals surface area contributed by atoms with Crippen molar-refractivity contribution in [3.05, 3.63) is 0 Å². The Labute approximate surface area is 80.5 Å². The van der Waals surface area contributed by atoms with Gasteiger partial charge in [0.2, 0.25) is 0 Å². The van der Waals surface area contributed by atoms with E-state index in [1.165, 1.54) is 12.8 Å². The third kappa shape index (κ3) is 3.61. The number of nitrogens with one attached hydrogen (secondary N) is 1. The molecule has 1 N–H and O–H groups in total. The predicted molar refractivity (Wildman–Crippen MR) is 53.7 cm³/mol. The molecule has 0 aliphatic carbocycles. The van der Waals surface area contributed by atoms with Crippen molar-refractivity contribution < 1.29 is 4.39 Å². The molecule has 0 saturated carbocycles. The fourth-order valence-electron chi connectivity index (χ4n) is 1.90. The maximum absolute atomic E-state index is 12.2. The molecule has 0 amide bonds. The first-order chi connectivity index (χ1) is 6.24. The third-order valence-electron chi connectivity index (χ3n) is 2.63. The van der Waals surface area contributed by atoms with Gasteiger partial charge in [-0.2, -0.15) is 0 Å². The minimum absolute atomic E-state index is 0.210. The number of nitrogens with zero attached hydrogens (tertiary/aromatic N) is 1. The molecule has 1 fully saturated rings. The van der Waals surface area contributed by atoms with Crippen LogP contribution >= 0.6 is 0 Å². The van der Waals surface area contributed by atoms with Crippen molar-refractivity contribution in [1.29, 1.82) is 0 Å². The number of halogens is 1. The second-order valence-electron chi connectivity index (χ2n) is 4.08. The van der Waals surface area contributed by atoms with Crippen LogP contribution in [0.4, 0.5) is 4.39 Å². The molecule has 2 nitrogen and oxygen atoms in total. The van der Waals surface area contributed by atoms with Crippen LogP contribution in [0.5, 0.6) is 0 Å². The Hall–Kier alpha value is -0.150. The number of alkyl halides is 1. The van der Waals surface area contributed by atoms with Gasteiger partial charge >= 0.3 is 0 Å². The molecule has 1 saturated heterocycles. The summed E-state index contributed by atoms with van der Waals surface area (Å²) >= 11 is 0. The average molecular weight is 188 g/mol. The van der Waals surface area contributed by atoms with Gasteiger partial charge in [-0.3, -0.25) is 4.90 Å². The molecule has 1 atom stereocenters. The van der Waals surface area contributed by atoms with Gasteiger partial charge < -0.3 is 5.32 Å². The number of rotatable bonds is 5. The normalized spacial score (nSPS) is 24.5. The van der Waals surface area contributed by atoms with E-state index in [2.05, 4.69) is 24.1 Å². The highest BCUT2D eigenvalue weighted by Gasteiger charge is 2.23. The zero-order valence-corrected chi connectivity index (χ0v) is 8.72. The van der Waals surface area contributed by atoms with Crippen molar-refractivity contribution in [3.63, 3.8) is 0 Å². The standard InChI is InChI=1S/C10H21FN2/c1-9(2)12-8-10-4-3-6-13(10)7-5-11/h9-10,12H,3-8H2,1-2H3. The van der Waals surface area contributed by atoms with Gasteiger partial charge in [-0.25, -0.2) is 4.39 Å². The molecule has 1 heterocycles. The van der Waals surface area contributed by atoms with Gasteiger partial charge in [-0.15, -0.1) is 0 Å². The average Bonchev–Trinajstić information content (AvgIpc) is 2.49. The summed E-state index contributed by atoms with van der Waals surface area (Å²) in [6.07, 6.45) is 2.45. The van der Waals surface area contributed by atoms with Gasteiger partial charge in [0.1, 0.15) is 6.67 Å². The minimum Gasteiger partial charge on any atom is -0.313 e. The van der Waals surface area contributed by atoms with Gasteiger partial charge in [0.05, 0.1) is 0 Å². The molecule has 0 aromatic heterocycles. The van der Waals surface area contributed by atoms with Crippen molar-refractivity contribution in [1.82, 2.24) is 10.2 Å². The molecular weight excluding hydrogens is 167 g/mol. The summed E-state index contributed by atoms with van der Waals surface area (Å²) in [4.78, 5) is 2.26. The van der Waals surface area contributed by atoms with Gasteiger partial charge in [0.15, 0.2) is 0 Å². The van der Waals surface area contributed by atoms with E-state index in [9.17, 15) is 4.39 Å². The summed E-state index contributed by atoms with van der Waals surface area (Å²) in [5.41, 5.74) is 0. The molecule has 0 aromatic rings. The molecular formula is C10H21FN2. The first kappa shape index (κ1) is 10.9. The van der Waals surface area contributed by atoms with Crippen molar-refractivity contribution in [2.45, 2.75) is 38.8 Å². The molecule has 0 bridgehead atoms. The van der Waals surface area contributed by atoms with Crippen LogP contribution in [0, 0.1) is 0 Å². The molecule has 0 aromatic carbocycles. The summed E-state index contributed by atoms with van der Waals surface area (Å²) in [6.45, 7) is 6.79. The molecule has 78 valence electrons. The quantitative estimate of drug-likeness (QED) is 0.702. The van der Waals surface area contributed by atoms with Crippen LogP contribution in [0.1, 0.15) is 26.7 Å². The third-order valence-corrected chi connectivity index (χ3v) is 2.63. The van der Waals surface area contributed by atoms with E-state index in [1.54, 1.807) is 0 Å². The summed E-state index contributed by atoms with van der Waals surface area (Å²) in [7, 11) is 0. The lowest BCUT2D eigenvalue weighted by atomic mass is 10.2. The second kappa shape index (κ2) is 5.55. The SMILES string of the molecule is CC(C)NCC1CCCN1CCF. The number of hydrogen-bond donors (Lipinski definition) is 1. The molecule has 13 heavy (non-hydrogen) atoms. The monoisotopic (exact) mass is 188 g/mol. The number of likely N-dealkylation sites (tertiary alicyclic amines) is 1. The Morgan fingerprint density at radius 3 is 2.92 bits per heavy atom. The summed E-state index contributed by atoms with van der Waals surface area (Å²) in [5.74, 6) is 0. The van der Waals surface area contributed by atoms with E-state index in [0.717, 1.165) is 13.1 Å². The van der Waals surface area contributed by atoms with Gasteiger partial charge in [-0.05, 0) is 19.4 Å². The minimum atomic E-state index is -0.210. The molecule has 1 unspecified atom stereocenters. The highest BCUT2D eigenvalue weighted by Crippen LogP contribution is 2.15. The maximum Gasteiger partial charge on any atom is 0.102 e. The smallest absolute Gasteiger partial charge is 0.102 e. The summed E-state index contributed by atoms with van der Waals surface area (Å²) in [5, 5.41) is 3.41. The zero-order valence-electron chi connectivity index (χ0n) is 8.72. The van der Waals surface area contributed by atoms with E-state index in [0.29, 0.717) is 18.6 Å². The van der Waals surface area contributed by atoms with Crippen LogP contribution in [-0.2, 0) is 0 Å². The Morgan fingerprint density at radius 1 is 1.54 bits per heavy atom. The molecule has 1 rings (SSSR count). The lowest BCUT2D eigenvalue weighted by molar-refractivity contribution is 0.224. The van der Waals surface area contributed by atoms with Crippen LogP contribution in [0.2, 0.25) is 0 Å².